The normalized spacial score (nSPS) is 22.4. The number of hydrogen-bond donors (Lipinski definition) is 2. The molecule has 2 saturated heterocycles. The van der Waals surface area contributed by atoms with Gasteiger partial charge in [0.15, 0.2) is 0 Å². The number of pyridine rings is 1. The highest BCUT2D eigenvalue weighted by molar-refractivity contribution is 5.96. The molecule has 0 spiro atoms. The van der Waals surface area contributed by atoms with E-state index in [-0.39, 0.29) is 30.8 Å². The van der Waals surface area contributed by atoms with Gasteiger partial charge in [0.2, 0.25) is 5.91 Å². The van der Waals surface area contributed by atoms with Gasteiger partial charge in [-0.3, -0.25) is 9.59 Å². The highest BCUT2D eigenvalue weighted by atomic mass is 19.1. The first-order chi connectivity index (χ1) is 20.8. The van der Waals surface area contributed by atoms with Crippen LogP contribution in [-0.2, 0) is 11.3 Å². The van der Waals surface area contributed by atoms with Gasteiger partial charge in [-0.05, 0) is 56.7 Å². The molecule has 2 amide bonds. The van der Waals surface area contributed by atoms with Gasteiger partial charge >= 0.3 is 0 Å². The van der Waals surface area contributed by atoms with E-state index in [1.165, 1.54) is 17.7 Å². The lowest BCUT2D eigenvalue weighted by atomic mass is 10.0. The minimum atomic E-state index is -1.14. The van der Waals surface area contributed by atoms with Crippen LogP contribution in [0.2, 0.25) is 0 Å². The second kappa shape index (κ2) is 10.9. The fraction of sp³-hybridized carbons (Fsp3) is 0.469. The van der Waals surface area contributed by atoms with Gasteiger partial charge in [-0.2, -0.15) is 5.10 Å². The van der Waals surface area contributed by atoms with Crippen LogP contribution in [0.25, 0.3) is 27.8 Å². The molecule has 10 nitrogen and oxygen atoms in total. The molecule has 0 radical (unpaired) electrons. The summed E-state index contributed by atoms with van der Waals surface area (Å²) in [4.78, 5) is 26.6. The van der Waals surface area contributed by atoms with E-state index in [0.717, 1.165) is 52.1 Å². The molecule has 5 heterocycles. The van der Waals surface area contributed by atoms with Crippen molar-refractivity contribution in [1.29, 1.82) is 0 Å². The standard InChI is InChI=1S/C32H37FN6O4/c1-18-29(36-39-14-21(11-27(42-2)30(18)39)32(41)37-15-22(33)12-23(34)16-37)25-10-20-4-3-5-26(31(20)38(25)13-19-6-7-19)43-17-24-8-9-28(40)35-24/h3-5,10-11,14,19,22-24H,6-9,12-13,15-17,34H2,1-2H3,(H,35,40)/t22-,23-,24-/m1/s1. The van der Waals surface area contributed by atoms with Gasteiger partial charge in [-0.25, -0.2) is 8.91 Å². The van der Waals surface area contributed by atoms with Gasteiger partial charge in [-0.1, -0.05) is 12.1 Å². The first-order valence-electron chi connectivity index (χ1n) is 15.1. The van der Waals surface area contributed by atoms with Gasteiger partial charge < -0.3 is 30.0 Å². The first kappa shape index (κ1) is 27.7. The van der Waals surface area contributed by atoms with Crippen molar-refractivity contribution in [3.8, 4) is 22.9 Å². The number of carbonyl (C=O) groups excluding carboxylic acids is 2. The zero-order valence-electron chi connectivity index (χ0n) is 24.5. The molecule has 1 saturated carbocycles. The van der Waals surface area contributed by atoms with Gasteiger partial charge in [0.05, 0.1) is 36.5 Å². The molecule has 3 fully saturated rings. The Hall–Kier alpha value is -4.12. The van der Waals surface area contributed by atoms with Crippen LogP contribution in [0.1, 0.15) is 48.0 Å². The summed E-state index contributed by atoms with van der Waals surface area (Å²) in [6.07, 6.45) is 4.48. The molecule has 3 atom stereocenters. The fourth-order valence-electron chi connectivity index (χ4n) is 6.57. The number of hydrogen-bond acceptors (Lipinski definition) is 6. The van der Waals surface area contributed by atoms with E-state index in [2.05, 4.69) is 22.0 Å². The number of halogens is 1. The number of nitrogens with one attached hydrogen (secondary N) is 1. The second-order valence-corrected chi connectivity index (χ2v) is 12.3. The molecule has 11 heteroatoms. The van der Waals surface area contributed by atoms with Crippen molar-refractivity contribution in [3.63, 3.8) is 0 Å². The number of ether oxygens (including phenoxy) is 2. The number of fused-ring (bicyclic) bond motifs is 2. The number of amides is 2. The van der Waals surface area contributed by atoms with Crippen molar-refractivity contribution >= 4 is 28.2 Å². The molecule has 3 aromatic heterocycles. The van der Waals surface area contributed by atoms with Gasteiger partial charge in [0.25, 0.3) is 5.91 Å². The van der Waals surface area contributed by atoms with Crippen molar-refractivity contribution in [3.05, 3.63) is 47.7 Å². The molecule has 43 heavy (non-hydrogen) atoms. The van der Waals surface area contributed by atoms with Crippen molar-refractivity contribution in [2.75, 3.05) is 26.8 Å². The highest BCUT2D eigenvalue weighted by Gasteiger charge is 2.31. The van der Waals surface area contributed by atoms with Crippen LogP contribution in [0.4, 0.5) is 4.39 Å². The van der Waals surface area contributed by atoms with Gasteiger partial charge in [0, 0.05) is 42.7 Å². The molecule has 4 aromatic rings. The smallest absolute Gasteiger partial charge is 0.255 e. The lowest BCUT2D eigenvalue weighted by Crippen LogP contribution is -2.50. The third-order valence-corrected chi connectivity index (χ3v) is 8.90. The number of nitrogens with zero attached hydrogens (tertiary/aromatic N) is 4. The lowest BCUT2D eigenvalue weighted by molar-refractivity contribution is -0.119. The number of methoxy groups -OCH3 is 1. The molecule has 226 valence electrons. The number of alkyl halides is 1. The largest absolute Gasteiger partial charge is 0.494 e. The Labute approximate surface area is 248 Å². The molecule has 3 N–H and O–H groups in total. The van der Waals surface area contributed by atoms with Crippen LogP contribution in [0.5, 0.6) is 11.5 Å². The lowest BCUT2D eigenvalue weighted by Gasteiger charge is -2.33. The average molecular weight is 589 g/mol. The van der Waals surface area contributed by atoms with E-state index in [4.69, 9.17) is 20.3 Å². The quantitative estimate of drug-likeness (QED) is 0.323. The molecular weight excluding hydrogens is 551 g/mol. The van der Waals surface area contributed by atoms with Crippen molar-refractivity contribution < 1.29 is 23.5 Å². The average Bonchev–Trinajstić information content (AvgIpc) is 3.45. The Morgan fingerprint density at radius 2 is 2.00 bits per heavy atom. The number of para-hydroxylation sites is 1. The zero-order valence-corrected chi connectivity index (χ0v) is 24.5. The van der Waals surface area contributed by atoms with E-state index >= 15 is 0 Å². The molecule has 1 aliphatic carbocycles. The number of carbonyl (C=O) groups is 2. The third kappa shape index (κ3) is 5.20. The Morgan fingerprint density at radius 3 is 2.72 bits per heavy atom. The van der Waals surface area contributed by atoms with E-state index in [1.54, 1.807) is 23.9 Å². The molecule has 0 unspecified atom stereocenters. The topological polar surface area (TPSA) is 116 Å². The van der Waals surface area contributed by atoms with E-state index < -0.39 is 12.2 Å². The van der Waals surface area contributed by atoms with E-state index in [9.17, 15) is 14.0 Å². The zero-order chi connectivity index (χ0) is 29.8. The van der Waals surface area contributed by atoms with Crippen LogP contribution >= 0.6 is 0 Å². The predicted octanol–water partition coefficient (Wildman–Crippen LogP) is 3.85. The maximum Gasteiger partial charge on any atom is 0.255 e. The molecule has 2 aliphatic heterocycles. The Morgan fingerprint density at radius 1 is 1.16 bits per heavy atom. The molecule has 0 bridgehead atoms. The minimum Gasteiger partial charge on any atom is -0.494 e. The van der Waals surface area contributed by atoms with Crippen molar-refractivity contribution in [2.24, 2.45) is 11.7 Å². The molecule has 1 aromatic carbocycles. The SMILES string of the molecule is COc1cc(C(=O)N2C[C@H](N)C[C@@H](F)C2)cn2nc(-c3cc4cccc(OC[C@H]5CCC(=O)N5)c4n3CC3CC3)c(C)c12. The molecular formula is C32H37FN6O4. The monoisotopic (exact) mass is 588 g/mol. The highest BCUT2D eigenvalue weighted by Crippen LogP contribution is 2.41. The molecule has 7 rings (SSSR count). The van der Waals surface area contributed by atoms with E-state index in [1.807, 2.05) is 19.1 Å². The number of piperidine rings is 1. The minimum absolute atomic E-state index is 0.00981. The summed E-state index contributed by atoms with van der Waals surface area (Å²) >= 11 is 0. The van der Waals surface area contributed by atoms with Crippen LogP contribution in [-0.4, -0.2) is 76.0 Å². The fourth-order valence-corrected chi connectivity index (χ4v) is 6.57. The number of aromatic nitrogens is 3. The number of rotatable bonds is 8. The Kier molecular flexibility index (Phi) is 6.99. The summed E-state index contributed by atoms with van der Waals surface area (Å²) in [5.41, 5.74) is 10.8. The summed E-state index contributed by atoms with van der Waals surface area (Å²) < 4.78 is 30.3. The van der Waals surface area contributed by atoms with Gasteiger partial charge in [0.1, 0.15) is 35.5 Å². The second-order valence-electron chi connectivity index (χ2n) is 12.3. The third-order valence-electron chi connectivity index (χ3n) is 8.90. The van der Waals surface area contributed by atoms with Crippen LogP contribution in [0.3, 0.4) is 0 Å². The summed E-state index contributed by atoms with van der Waals surface area (Å²) in [6.45, 7) is 3.60. The number of benzene rings is 1. The van der Waals surface area contributed by atoms with Crippen molar-refractivity contribution in [1.82, 2.24) is 24.4 Å². The van der Waals surface area contributed by atoms with Crippen LogP contribution in [0, 0.1) is 12.8 Å². The first-order valence-corrected chi connectivity index (χ1v) is 15.1. The summed E-state index contributed by atoms with van der Waals surface area (Å²) in [6, 6.07) is 9.52. The summed E-state index contributed by atoms with van der Waals surface area (Å²) in [5, 5.41) is 9.03. The number of likely N-dealkylation sites (tertiary alicyclic amines) is 1. The predicted molar refractivity (Wildman–Crippen MR) is 160 cm³/mol. The summed E-state index contributed by atoms with van der Waals surface area (Å²) in [5.74, 6) is 1.66. The number of nitrogens with two attached hydrogens (primary N) is 1. The van der Waals surface area contributed by atoms with E-state index in [0.29, 0.717) is 36.8 Å². The van der Waals surface area contributed by atoms with Crippen LogP contribution in [0.15, 0.2) is 36.5 Å². The maximum absolute atomic E-state index is 14.2. The number of aryl methyl sites for hydroxylation is 1. The summed E-state index contributed by atoms with van der Waals surface area (Å²) in [7, 11) is 1.57. The molecule has 3 aliphatic rings. The van der Waals surface area contributed by atoms with Crippen LogP contribution < -0.4 is 20.5 Å². The maximum atomic E-state index is 14.2. The Bertz CT molecular complexity index is 1720. The Balaban J connectivity index is 1.29. The van der Waals surface area contributed by atoms with Crippen molar-refractivity contribution in [2.45, 2.75) is 63.8 Å². The van der Waals surface area contributed by atoms with Gasteiger partial charge in [-0.15, -0.1) is 0 Å².